The summed E-state index contributed by atoms with van der Waals surface area (Å²) in [7, 11) is 0. The number of nitrogens with zero attached hydrogens (tertiary/aromatic N) is 3. The van der Waals surface area contributed by atoms with Crippen LogP contribution in [0.2, 0.25) is 0 Å². The highest BCUT2D eigenvalue weighted by molar-refractivity contribution is 7.99. The fourth-order valence-corrected chi connectivity index (χ4v) is 3.62. The van der Waals surface area contributed by atoms with Crippen molar-refractivity contribution in [3.63, 3.8) is 0 Å². The van der Waals surface area contributed by atoms with E-state index in [1.807, 2.05) is 11.8 Å². The number of hydrogen-bond acceptors (Lipinski definition) is 4. The highest BCUT2D eigenvalue weighted by atomic mass is 32.2. The summed E-state index contributed by atoms with van der Waals surface area (Å²) < 4.78 is 0. The molecule has 1 saturated heterocycles. The van der Waals surface area contributed by atoms with Gasteiger partial charge in [-0.3, -0.25) is 9.89 Å². The Kier molecular flexibility index (Phi) is 9.77. The topological polar surface area (TPSA) is 42.9 Å². The second kappa shape index (κ2) is 12.2. The minimum absolute atomic E-state index is 0.854. The molecule has 25 heavy (non-hydrogen) atoms. The van der Waals surface area contributed by atoms with E-state index < -0.39 is 0 Å². The zero-order valence-electron chi connectivity index (χ0n) is 15.7. The van der Waals surface area contributed by atoms with Crippen LogP contribution < -0.4 is 10.6 Å². The summed E-state index contributed by atoms with van der Waals surface area (Å²) in [6.45, 7) is 14.0. The maximum absolute atomic E-state index is 4.72. The summed E-state index contributed by atoms with van der Waals surface area (Å²) in [5.74, 6) is 1.97. The Hall–Kier alpha value is -1.24. The first-order valence-corrected chi connectivity index (χ1v) is 10.4. The lowest BCUT2D eigenvalue weighted by Crippen LogP contribution is -2.47. The van der Waals surface area contributed by atoms with E-state index in [0.29, 0.717) is 0 Å². The largest absolute Gasteiger partial charge is 0.357 e. The number of piperazine rings is 1. The van der Waals surface area contributed by atoms with Crippen molar-refractivity contribution in [3.05, 3.63) is 30.3 Å². The third-order valence-corrected chi connectivity index (χ3v) is 5.36. The quantitative estimate of drug-likeness (QED) is 0.304. The van der Waals surface area contributed by atoms with Crippen molar-refractivity contribution in [1.29, 1.82) is 0 Å². The van der Waals surface area contributed by atoms with E-state index in [-0.39, 0.29) is 0 Å². The number of hydrogen-bond donors (Lipinski definition) is 2. The predicted octanol–water partition coefficient (Wildman–Crippen LogP) is 1.97. The number of thioether (sulfide) groups is 1. The molecule has 0 spiro atoms. The Bertz CT molecular complexity index is 486. The highest BCUT2D eigenvalue weighted by Gasteiger charge is 2.14. The summed E-state index contributed by atoms with van der Waals surface area (Å²) in [6.07, 6.45) is 0. The molecule has 0 unspecified atom stereocenters. The zero-order valence-corrected chi connectivity index (χ0v) is 16.5. The second-order valence-corrected chi connectivity index (χ2v) is 7.29. The van der Waals surface area contributed by atoms with Gasteiger partial charge in [0.25, 0.3) is 0 Å². The standard InChI is InChI=1S/C19H33N5S/c1-3-20-19(22-11-17-25-18-8-6-5-7-9-18)21-10-12-24-15-13-23(4-2)14-16-24/h5-9H,3-4,10-17H2,1-2H3,(H2,20,21,22). The summed E-state index contributed by atoms with van der Waals surface area (Å²) in [5, 5.41) is 6.77. The van der Waals surface area contributed by atoms with Gasteiger partial charge in [0, 0.05) is 56.5 Å². The Morgan fingerprint density at radius 1 is 1.04 bits per heavy atom. The van der Waals surface area contributed by atoms with E-state index in [1.165, 1.54) is 37.6 Å². The summed E-state index contributed by atoms with van der Waals surface area (Å²) >= 11 is 1.87. The van der Waals surface area contributed by atoms with Crippen LogP contribution in [0, 0.1) is 0 Å². The first-order valence-electron chi connectivity index (χ1n) is 9.46. The summed E-state index contributed by atoms with van der Waals surface area (Å²) in [5.41, 5.74) is 0. The fraction of sp³-hybridized carbons (Fsp3) is 0.632. The van der Waals surface area contributed by atoms with Gasteiger partial charge in [0.05, 0.1) is 6.54 Å². The second-order valence-electron chi connectivity index (χ2n) is 6.12. The molecule has 140 valence electrons. The number of rotatable bonds is 9. The third kappa shape index (κ3) is 8.12. The van der Waals surface area contributed by atoms with Crippen molar-refractivity contribution in [2.75, 3.05) is 64.7 Å². The minimum atomic E-state index is 0.854. The molecule has 0 aliphatic carbocycles. The van der Waals surface area contributed by atoms with Gasteiger partial charge in [-0.25, -0.2) is 0 Å². The Balaban J connectivity index is 1.64. The van der Waals surface area contributed by atoms with Crippen molar-refractivity contribution in [2.45, 2.75) is 18.7 Å². The van der Waals surface area contributed by atoms with Gasteiger partial charge in [-0.1, -0.05) is 25.1 Å². The molecule has 0 bridgehead atoms. The van der Waals surface area contributed by atoms with Crippen LogP contribution in [0.3, 0.4) is 0 Å². The van der Waals surface area contributed by atoms with Crippen molar-refractivity contribution in [1.82, 2.24) is 20.4 Å². The summed E-state index contributed by atoms with van der Waals surface area (Å²) in [6, 6.07) is 10.5. The van der Waals surface area contributed by atoms with Gasteiger partial charge in [0.15, 0.2) is 5.96 Å². The number of likely N-dealkylation sites (N-methyl/N-ethyl adjacent to an activating group) is 1. The number of nitrogens with one attached hydrogen (secondary N) is 2. The van der Waals surface area contributed by atoms with Crippen LogP contribution >= 0.6 is 11.8 Å². The molecular weight excluding hydrogens is 330 g/mol. The van der Waals surface area contributed by atoms with Crippen LogP contribution in [0.5, 0.6) is 0 Å². The van der Waals surface area contributed by atoms with Crippen LogP contribution in [0.4, 0.5) is 0 Å². The van der Waals surface area contributed by atoms with Gasteiger partial charge in [-0.2, -0.15) is 0 Å². The van der Waals surface area contributed by atoms with Crippen LogP contribution in [0.25, 0.3) is 0 Å². The van der Waals surface area contributed by atoms with Gasteiger partial charge in [-0.05, 0) is 25.6 Å². The average molecular weight is 364 g/mol. The molecule has 0 atom stereocenters. The van der Waals surface area contributed by atoms with Crippen molar-refractivity contribution >= 4 is 17.7 Å². The van der Waals surface area contributed by atoms with E-state index in [4.69, 9.17) is 4.99 Å². The number of benzene rings is 1. The molecule has 1 aromatic rings. The lowest BCUT2D eigenvalue weighted by atomic mass is 10.3. The predicted molar refractivity (Wildman–Crippen MR) is 110 cm³/mol. The third-order valence-electron chi connectivity index (χ3n) is 4.35. The number of aliphatic imine (C=N–C) groups is 1. The lowest BCUT2D eigenvalue weighted by molar-refractivity contribution is 0.140. The zero-order chi connectivity index (χ0) is 17.7. The minimum Gasteiger partial charge on any atom is -0.357 e. The molecule has 0 aromatic heterocycles. The average Bonchev–Trinajstić information content (AvgIpc) is 2.66. The molecule has 0 amide bonds. The maximum atomic E-state index is 4.72. The van der Waals surface area contributed by atoms with Gasteiger partial charge in [0.1, 0.15) is 0 Å². The van der Waals surface area contributed by atoms with E-state index in [1.54, 1.807) is 0 Å². The first-order chi connectivity index (χ1) is 12.3. The highest BCUT2D eigenvalue weighted by Crippen LogP contribution is 2.15. The molecule has 0 radical (unpaired) electrons. The molecule has 5 nitrogen and oxygen atoms in total. The molecule has 2 N–H and O–H groups in total. The molecule has 1 aliphatic heterocycles. The molecule has 6 heteroatoms. The molecular formula is C19H33N5S. The first kappa shape index (κ1) is 20.1. The van der Waals surface area contributed by atoms with E-state index in [9.17, 15) is 0 Å². The van der Waals surface area contributed by atoms with Crippen LogP contribution in [0.15, 0.2) is 40.2 Å². The van der Waals surface area contributed by atoms with Crippen LogP contribution in [0.1, 0.15) is 13.8 Å². The molecule has 1 fully saturated rings. The van der Waals surface area contributed by atoms with Gasteiger partial charge in [-0.15, -0.1) is 11.8 Å². The van der Waals surface area contributed by atoms with Gasteiger partial charge >= 0.3 is 0 Å². The number of guanidine groups is 1. The maximum Gasteiger partial charge on any atom is 0.191 e. The fourth-order valence-electron chi connectivity index (χ4n) is 2.83. The van der Waals surface area contributed by atoms with Crippen LogP contribution in [-0.2, 0) is 0 Å². The van der Waals surface area contributed by atoms with E-state index in [0.717, 1.165) is 37.9 Å². The van der Waals surface area contributed by atoms with E-state index in [2.05, 4.69) is 64.6 Å². The smallest absolute Gasteiger partial charge is 0.191 e. The Morgan fingerprint density at radius 3 is 2.44 bits per heavy atom. The summed E-state index contributed by atoms with van der Waals surface area (Å²) in [4.78, 5) is 11.1. The van der Waals surface area contributed by atoms with Crippen molar-refractivity contribution in [2.24, 2.45) is 4.99 Å². The molecule has 1 aromatic carbocycles. The lowest BCUT2D eigenvalue weighted by Gasteiger charge is -2.33. The molecule has 1 heterocycles. The molecule has 1 aliphatic rings. The Morgan fingerprint density at radius 2 is 1.76 bits per heavy atom. The van der Waals surface area contributed by atoms with Gasteiger partial charge < -0.3 is 15.5 Å². The van der Waals surface area contributed by atoms with Gasteiger partial charge in [0.2, 0.25) is 0 Å². The van der Waals surface area contributed by atoms with Crippen molar-refractivity contribution in [3.8, 4) is 0 Å². The molecule has 2 rings (SSSR count). The van der Waals surface area contributed by atoms with Crippen LogP contribution in [-0.4, -0.2) is 80.4 Å². The van der Waals surface area contributed by atoms with Crippen molar-refractivity contribution < 1.29 is 0 Å². The SMILES string of the molecule is CCNC(=NCCN1CCN(CC)CC1)NCCSc1ccccc1. The Labute approximate surface area is 157 Å². The van der Waals surface area contributed by atoms with E-state index >= 15 is 0 Å². The molecule has 0 saturated carbocycles. The monoisotopic (exact) mass is 363 g/mol. The normalized spacial score (nSPS) is 16.8.